The van der Waals surface area contributed by atoms with Crippen LogP contribution in [0.2, 0.25) is 0 Å². The molecule has 2 atom stereocenters. The molecule has 5 heteroatoms. The molecule has 3 aromatic rings. The maximum absolute atomic E-state index is 13.3. The molecule has 0 N–H and O–H groups in total. The zero-order valence-electron chi connectivity index (χ0n) is 14.3. The smallest absolute Gasteiger partial charge is 0.255 e. The summed E-state index contributed by atoms with van der Waals surface area (Å²) in [4.78, 5) is 19.8. The third-order valence-corrected chi connectivity index (χ3v) is 4.59. The summed E-state index contributed by atoms with van der Waals surface area (Å²) in [7, 11) is 0. The highest BCUT2D eigenvalue weighted by molar-refractivity contribution is 6.07. The Morgan fingerprint density at radius 3 is 2.84 bits per heavy atom. The maximum Gasteiger partial charge on any atom is 0.255 e. The minimum atomic E-state index is 0.00839. The lowest BCUT2D eigenvalue weighted by atomic mass is 10.0. The van der Waals surface area contributed by atoms with E-state index < -0.39 is 0 Å². The van der Waals surface area contributed by atoms with Gasteiger partial charge in [0.15, 0.2) is 5.76 Å². The fourth-order valence-electron chi connectivity index (χ4n) is 3.24. The van der Waals surface area contributed by atoms with Crippen LogP contribution in [0.1, 0.15) is 24.2 Å². The highest BCUT2D eigenvalue weighted by Gasteiger charge is 2.29. The number of amides is 1. The Hall–Kier alpha value is -2.66. The van der Waals surface area contributed by atoms with Crippen molar-refractivity contribution in [1.82, 2.24) is 9.88 Å². The van der Waals surface area contributed by atoms with Gasteiger partial charge in [0.05, 0.1) is 36.1 Å². The van der Waals surface area contributed by atoms with E-state index >= 15 is 0 Å². The lowest BCUT2D eigenvalue weighted by molar-refractivity contribution is -0.0386. The molecule has 2 unspecified atom stereocenters. The summed E-state index contributed by atoms with van der Waals surface area (Å²) < 4.78 is 11.1. The molecule has 128 valence electrons. The predicted molar refractivity (Wildman–Crippen MR) is 95.4 cm³/mol. The molecule has 3 heterocycles. The fraction of sp³-hybridized carbons (Fsp3) is 0.300. The van der Waals surface area contributed by atoms with Crippen LogP contribution in [0.25, 0.3) is 22.4 Å². The Kier molecular flexibility index (Phi) is 4.01. The van der Waals surface area contributed by atoms with Gasteiger partial charge in [-0.3, -0.25) is 4.79 Å². The molecule has 0 bridgehead atoms. The first kappa shape index (κ1) is 15.8. The van der Waals surface area contributed by atoms with E-state index in [0.29, 0.717) is 30.2 Å². The number of rotatable bonds is 2. The van der Waals surface area contributed by atoms with Crippen molar-refractivity contribution >= 4 is 16.8 Å². The number of hydrogen-bond acceptors (Lipinski definition) is 4. The second kappa shape index (κ2) is 6.33. The van der Waals surface area contributed by atoms with Gasteiger partial charge in [-0.1, -0.05) is 18.2 Å². The van der Waals surface area contributed by atoms with E-state index in [1.54, 1.807) is 6.26 Å². The molecule has 1 fully saturated rings. The van der Waals surface area contributed by atoms with Crippen molar-refractivity contribution in [3.05, 3.63) is 54.3 Å². The zero-order valence-corrected chi connectivity index (χ0v) is 14.3. The molecule has 0 spiro atoms. The number of benzene rings is 1. The Balaban J connectivity index is 1.83. The highest BCUT2D eigenvalue weighted by atomic mass is 16.5. The maximum atomic E-state index is 13.3. The second-order valence-corrected chi connectivity index (χ2v) is 6.50. The van der Waals surface area contributed by atoms with Crippen LogP contribution in [0, 0.1) is 0 Å². The number of ether oxygens (including phenoxy) is 1. The fourth-order valence-corrected chi connectivity index (χ4v) is 3.24. The average molecular weight is 336 g/mol. The predicted octanol–water partition coefficient (Wildman–Crippen LogP) is 3.74. The van der Waals surface area contributed by atoms with E-state index in [-0.39, 0.29) is 18.1 Å². The number of para-hydroxylation sites is 1. The number of morpholine rings is 1. The Bertz CT molecular complexity index is 904. The van der Waals surface area contributed by atoms with Crippen molar-refractivity contribution in [2.24, 2.45) is 0 Å². The quantitative estimate of drug-likeness (QED) is 0.715. The summed E-state index contributed by atoms with van der Waals surface area (Å²) in [5.74, 6) is 0.664. The van der Waals surface area contributed by atoms with Gasteiger partial charge in [-0.25, -0.2) is 4.98 Å². The van der Waals surface area contributed by atoms with Crippen molar-refractivity contribution in [3.8, 4) is 11.5 Å². The van der Waals surface area contributed by atoms with Crippen molar-refractivity contribution < 1.29 is 13.9 Å². The SMILES string of the molecule is CC1CN(C(=O)c2cc(-c3ccco3)nc3ccccc23)C(C)CO1. The Morgan fingerprint density at radius 1 is 1.20 bits per heavy atom. The number of aromatic nitrogens is 1. The van der Waals surface area contributed by atoms with Gasteiger partial charge in [0, 0.05) is 11.9 Å². The number of carbonyl (C=O) groups excluding carboxylic acids is 1. The number of fused-ring (bicyclic) bond motifs is 1. The van der Waals surface area contributed by atoms with Crippen LogP contribution in [0.5, 0.6) is 0 Å². The molecular weight excluding hydrogens is 316 g/mol. The summed E-state index contributed by atoms with van der Waals surface area (Å²) in [6.45, 7) is 5.15. The van der Waals surface area contributed by atoms with Crippen molar-refractivity contribution in [1.29, 1.82) is 0 Å². The van der Waals surface area contributed by atoms with Crippen LogP contribution in [0.15, 0.2) is 53.1 Å². The third kappa shape index (κ3) is 2.91. The largest absolute Gasteiger partial charge is 0.463 e. The molecule has 0 aliphatic carbocycles. The van der Waals surface area contributed by atoms with E-state index in [1.807, 2.05) is 61.2 Å². The van der Waals surface area contributed by atoms with Crippen molar-refractivity contribution in [2.45, 2.75) is 26.0 Å². The molecule has 1 aliphatic rings. The monoisotopic (exact) mass is 336 g/mol. The molecule has 1 aliphatic heterocycles. The van der Waals surface area contributed by atoms with Crippen LogP contribution in [0.3, 0.4) is 0 Å². The van der Waals surface area contributed by atoms with Crippen molar-refractivity contribution in [2.75, 3.05) is 13.2 Å². The number of pyridine rings is 1. The molecule has 2 aromatic heterocycles. The lowest BCUT2D eigenvalue weighted by Crippen LogP contribution is -2.50. The van der Waals surface area contributed by atoms with Gasteiger partial charge >= 0.3 is 0 Å². The van der Waals surface area contributed by atoms with E-state index in [9.17, 15) is 4.79 Å². The van der Waals surface area contributed by atoms with E-state index in [2.05, 4.69) is 4.98 Å². The van der Waals surface area contributed by atoms with Gasteiger partial charge in [-0.15, -0.1) is 0 Å². The number of carbonyl (C=O) groups is 1. The standard InChI is InChI=1S/C20H20N2O3/c1-13-12-25-14(2)11-22(13)20(23)16-10-18(19-8-5-9-24-19)21-17-7-4-3-6-15(16)17/h3-10,13-14H,11-12H2,1-2H3. The lowest BCUT2D eigenvalue weighted by Gasteiger charge is -2.37. The van der Waals surface area contributed by atoms with E-state index in [1.165, 1.54) is 0 Å². The van der Waals surface area contributed by atoms with Gasteiger partial charge < -0.3 is 14.1 Å². The van der Waals surface area contributed by atoms with Gasteiger partial charge in [-0.05, 0) is 38.1 Å². The minimum Gasteiger partial charge on any atom is -0.463 e. The average Bonchev–Trinajstić information content (AvgIpc) is 3.17. The minimum absolute atomic E-state index is 0.00839. The molecule has 1 saturated heterocycles. The van der Waals surface area contributed by atoms with Crippen LogP contribution in [-0.4, -0.2) is 41.1 Å². The highest BCUT2D eigenvalue weighted by Crippen LogP contribution is 2.27. The normalized spacial score (nSPS) is 20.8. The molecule has 5 nitrogen and oxygen atoms in total. The summed E-state index contributed by atoms with van der Waals surface area (Å²) >= 11 is 0. The molecule has 25 heavy (non-hydrogen) atoms. The van der Waals surface area contributed by atoms with Crippen LogP contribution < -0.4 is 0 Å². The summed E-state index contributed by atoms with van der Waals surface area (Å²) in [6, 6.07) is 13.3. The van der Waals surface area contributed by atoms with Crippen molar-refractivity contribution in [3.63, 3.8) is 0 Å². The number of nitrogens with zero attached hydrogens (tertiary/aromatic N) is 2. The first-order valence-corrected chi connectivity index (χ1v) is 8.49. The second-order valence-electron chi connectivity index (χ2n) is 6.50. The summed E-state index contributed by atoms with van der Waals surface area (Å²) in [5.41, 5.74) is 2.10. The summed E-state index contributed by atoms with van der Waals surface area (Å²) in [6.07, 6.45) is 1.65. The van der Waals surface area contributed by atoms with E-state index in [0.717, 1.165) is 10.9 Å². The number of furan rings is 1. The molecule has 0 radical (unpaired) electrons. The first-order valence-electron chi connectivity index (χ1n) is 8.49. The molecular formula is C20H20N2O3. The molecule has 1 aromatic carbocycles. The van der Waals surface area contributed by atoms with E-state index in [4.69, 9.17) is 9.15 Å². The topological polar surface area (TPSA) is 55.6 Å². The van der Waals surface area contributed by atoms with Gasteiger partial charge in [-0.2, -0.15) is 0 Å². The van der Waals surface area contributed by atoms with Crippen LogP contribution >= 0.6 is 0 Å². The zero-order chi connectivity index (χ0) is 17.4. The van der Waals surface area contributed by atoms with Gasteiger partial charge in [0.1, 0.15) is 5.69 Å². The van der Waals surface area contributed by atoms with Gasteiger partial charge in [0.25, 0.3) is 5.91 Å². The van der Waals surface area contributed by atoms with Crippen LogP contribution in [-0.2, 0) is 4.74 Å². The Morgan fingerprint density at radius 2 is 2.04 bits per heavy atom. The molecule has 4 rings (SSSR count). The molecule has 1 amide bonds. The Labute approximate surface area is 146 Å². The van der Waals surface area contributed by atoms with Crippen LogP contribution in [0.4, 0.5) is 0 Å². The third-order valence-electron chi connectivity index (χ3n) is 4.59. The first-order chi connectivity index (χ1) is 12.1. The van der Waals surface area contributed by atoms with Gasteiger partial charge in [0.2, 0.25) is 0 Å². The number of hydrogen-bond donors (Lipinski definition) is 0. The summed E-state index contributed by atoms with van der Waals surface area (Å²) in [5, 5.41) is 0.856. The molecule has 0 saturated carbocycles.